The molecule has 0 radical (unpaired) electrons. The van der Waals surface area contributed by atoms with E-state index in [-0.39, 0.29) is 0 Å². The molecular formula is C17H21NO2. The zero-order valence-corrected chi connectivity index (χ0v) is 12.4. The average molecular weight is 271 g/mol. The monoisotopic (exact) mass is 271 g/mol. The second-order valence-corrected chi connectivity index (χ2v) is 5.07. The molecule has 106 valence electrons. The number of nitrogen functional groups attached to an aromatic ring is 1. The minimum Gasteiger partial charge on any atom is -0.496 e. The summed E-state index contributed by atoms with van der Waals surface area (Å²) in [4.78, 5) is 0. The van der Waals surface area contributed by atoms with Crippen LogP contribution in [0.2, 0.25) is 0 Å². The summed E-state index contributed by atoms with van der Waals surface area (Å²) in [5.74, 6) is 2.01. The first-order valence-electron chi connectivity index (χ1n) is 6.68. The average Bonchev–Trinajstić information content (AvgIpc) is 2.45. The SMILES string of the molecule is COc1cc(OC)c(C(C)C)cc1-c1cccc(N)c1. The van der Waals surface area contributed by atoms with Crippen LogP contribution < -0.4 is 15.2 Å². The first-order valence-corrected chi connectivity index (χ1v) is 6.68. The van der Waals surface area contributed by atoms with Crippen molar-refractivity contribution in [3.63, 3.8) is 0 Å². The Morgan fingerprint density at radius 2 is 1.65 bits per heavy atom. The van der Waals surface area contributed by atoms with Gasteiger partial charge in [0.25, 0.3) is 0 Å². The molecule has 0 saturated carbocycles. The van der Waals surface area contributed by atoms with Gasteiger partial charge in [-0.05, 0) is 35.2 Å². The number of ether oxygens (including phenoxy) is 2. The van der Waals surface area contributed by atoms with E-state index in [0.717, 1.165) is 33.9 Å². The molecular weight excluding hydrogens is 250 g/mol. The molecule has 0 heterocycles. The Hall–Kier alpha value is -2.16. The summed E-state index contributed by atoms with van der Waals surface area (Å²) in [6, 6.07) is 11.9. The topological polar surface area (TPSA) is 44.5 Å². The molecule has 0 atom stereocenters. The Balaban J connectivity index is 2.65. The number of hydrogen-bond acceptors (Lipinski definition) is 3. The maximum Gasteiger partial charge on any atom is 0.130 e. The van der Waals surface area contributed by atoms with Crippen molar-refractivity contribution in [1.29, 1.82) is 0 Å². The van der Waals surface area contributed by atoms with Gasteiger partial charge in [-0.1, -0.05) is 26.0 Å². The Labute approximate surface area is 120 Å². The second-order valence-electron chi connectivity index (χ2n) is 5.07. The molecule has 0 fully saturated rings. The molecule has 0 aliphatic heterocycles. The molecule has 0 aliphatic carbocycles. The van der Waals surface area contributed by atoms with Crippen molar-refractivity contribution >= 4 is 5.69 Å². The summed E-state index contributed by atoms with van der Waals surface area (Å²) in [7, 11) is 3.35. The van der Waals surface area contributed by atoms with E-state index in [0.29, 0.717) is 5.92 Å². The van der Waals surface area contributed by atoms with E-state index in [9.17, 15) is 0 Å². The van der Waals surface area contributed by atoms with Crippen molar-refractivity contribution in [1.82, 2.24) is 0 Å². The molecule has 2 N–H and O–H groups in total. The zero-order valence-electron chi connectivity index (χ0n) is 12.4. The molecule has 20 heavy (non-hydrogen) atoms. The van der Waals surface area contributed by atoms with Crippen LogP contribution in [0.15, 0.2) is 36.4 Å². The van der Waals surface area contributed by atoms with Gasteiger partial charge in [0, 0.05) is 17.3 Å². The van der Waals surface area contributed by atoms with E-state index in [1.165, 1.54) is 0 Å². The van der Waals surface area contributed by atoms with Crippen LogP contribution >= 0.6 is 0 Å². The van der Waals surface area contributed by atoms with Gasteiger partial charge in [-0.3, -0.25) is 0 Å². The van der Waals surface area contributed by atoms with Gasteiger partial charge in [0.1, 0.15) is 11.5 Å². The minimum absolute atomic E-state index is 0.371. The van der Waals surface area contributed by atoms with Crippen LogP contribution in [0.3, 0.4) is 0 Å². The number of methoxy groups -OCH3 is 2. The van der Waals surface area contributed by atoms with Crippen molar-refractivity contribution in [3.05, 3.63) is 42.0 Å². The third-order valence-electron chi connectivity index (χ3n) is 3.37. The number of rotatable bonds is 4. The van der Waals surface area contributed by atoms with Crippen molar-refractivity contribution in [2.24, 2.45) is 0 Å². The summed E-state index contributed by atoms with van der Waals surface area (Å²) in [6.45, 7) is 4.29. The largest absolute Gasteiger partial charge is 0.496 e. The van der Waals surface area contributed by atoms with Crippen LogP contribution in [0.1, 0.15) is 25.3 Å². The van der Waals surface area contributed by atoms with Crippen molar-refractivity contribution in [3.8, 4) is 22.6 Å². The predicted molar refractivity (Wildman–Crippen MR) is 83.5 cm³/mol. The summed E-state index contributed by atoms with van der Waals surface area (Å²) < 4.78 is 11.0. The van der Waals surface area contributed by atoms with Crippen LogP contribution in [0.25, 0.3) is 11.1 Å². The summed E-state index contributed by atoms with van der Waals surface area (Å²) in [5.41, 5.74) is 9.86. The van der Waals surface area contributed by atoms with E-state index in [1.807, 2.05) is 30.3 Å². The smallest absolute Gasteiger partial charge is 0.130 e. The van der Waals surface area contributed by atoms with Crippen molar-refractivity contribution in [2.75, 3.05) is 20.0 Å². The van der Waals surface area contributed by atoms with Gasteiger partial charge in [-0.2, -0.15) is 0 Å². The molecule has 0 amide bonds. The molecule has 2 aromatic carbocycles. The van der Waals surface area contributed by atoms with E-state index in [1.54, 1.807) is 14.2 Å². The third-order valence-corrected chi connectivity index (χ3v) is 3.37. The second kappa shape index (κ2) is 5.87. The fourth-order valence-electron chi connectivity index (χ4n) is 2.31. The van der Waals surface area contributed by atoms with Crippen molar-refractivity contribution < 1.29 is 9.47 Å². The predicted octanol–water partition coefficient (Wildman–Crippen LogP) is 4.08. The number of benzene rings is 2. The molecule has 3 nitrogen and oxygen atoms in total. The van der Waals surface area contributed by atoms with Crippen LogP contribution in [-0.4, -0.2) is 14.2 Å². The van der Waals surface area contributed by atoms with Crippen LogP contribution in [-0.2, 0) is 0 Å². The van der Waals surface area contributed by atoms with E-state index in [2.05, 4.69) is 19.9 Å². The maximum absolute atomic E-state index is 5.88. The first kappa shape index (κ1) is 14.3. The quantitative estimate of drug-likeness (QED) is 0.852. The standard InChI is InChI=1S/C17H21NO2/c1-11(2)14-9-15(12-6-5-7-13(18)8-12)17(20-4)10-16(14)19-3/h5-11H,18H2,1-4H3. The third kappa shape index (κ3) is 2.72. The number of anilines is 1. The molecule has 0 aromatic heterocycles. The van der Waals surface area contributed by atoms with Crippen LogP contribution in [0, 0.1) is 0 Å². The highest BCUT2D eigenvalue weighted by atomic mass is 16.5. The Morgan fingerprint density at radius 3 is 2.20 bits per heavy atom. The Kier molecular flexibility index (Phi) is 4.18. The number of nitrogens with two attached hydrogens (primary N) is 1. The van der Waals surface area contributed by atoms with Gasteiger partial charge >= 0.3 is 0 Å². The van der Waals surface area contributed by atoms with Gasteiger partial charge in [0.15, 0.2) is 0 Å². The molecule has 0 spiro atoms. The minimum atomic E-state index is 0.371. The fourth-order valence-corrected chi connectivity index (χ4v) is 2.31. The lowest BCUT2D eigenvalue weighted by molar-refractivity contribution is 0.390. The lowest BCUT2D eigenvalue weighted by Gasteiger charge is -2.17. The van der Waals surface area contributed by atoms with Crippen LogP contribution in [0.4, 0.5) is 5.69 Å². The highest BCUT2D eigenvalue weighted by Gasteiger charge is 2.15. The number of hydrogen-bond donors (Lipinski definition) is 1. The fraction of sp³-hybridized carbons (Fsp3) is 0.294. The van der Waals surface area contributed by atoms with Gasteiger partial charge in [0.2, 0.25) is 0 Å². The summed E-state index contributed by atoms with van der Waals surface area (Å²) in [6.07, 6.45) is 0. The Morgan fingerprint density at radius 1 is 0.950 bits per heavy atom. The molecule has 2 aromatic rings. The lowest BCUT2D eigenvalue weighted by atomic mass is 9.95. The molecule has 0 saturated heterocycles. The molecule has 3 heteroatoms. The first-order chi connectivity index (χ1) is 9.56. The highest BCUT2D eigenvalue weighted by Crippen LogP contribution is 2.39. The van der Waals surface area contributed by atoms with Crippen LogP contribution in [0.5, 0.6) is 11.5 Å². The van der Waals surface area contributed by atoms with E-state index in [4.69, 9.17) is 15.2 Å². The summed E-state index contributed by atoms with van der Waals surface area (Å²) in [5, 5.41) is 0. The maximum atomic E-state index is 5.88. The van der Waals surface area contributed by atoms with Gasteiger partial charge < -0.3 is 15.2 Å². The van der Waals surface area contributed by atoms with Gasteiger partial charge in [-0.25, -0.2) is 0 Å². The Bertz CT molecular complexity index is 606. The normalized spacial score (nSPS) is 10.7. The molecule has 0 bridgehead atoms. The van der Waals surface area contributed by atoms with E-state index >= 15 is 0 Å². The lowest BCUT2D eigenvalue weighted by Crippen LogP contribution is -1.98. The van der Waals surface area contributed by atoms with Gasteiger partial charge in [0.05, 0.1) is 14.2 Å². The molecule has 0 aliphatic rings. The molecule has 0 unspecified atom stereocenters. The van der Waals surface area contributed by atoms with Gasteiger partial charge in [-0.15, -0.1) is 0 Å². The van der Waals surface area contributed by atoms with Crippen molar-refractivity contribution in [2.45, 2.75) is 19.8 Å². The highest BCUT2D eigenvalue weighted by molar-refractivity contribution is 5.75. The zero-order chi connectivity index (χ0) is 14.7. The molecule has 2 rings (SSSR count). The summed E-state index contributed by atoms with van der Waals surface area (Å²) >= 11 is 0. The van der Waals surface area contributed by atoms with E-state index < -0.39 is 0 Å².